The van der Waals surface area contributed by atoms with Gasteiger partial charge in [0.1, 0.15) is 0 Å². The zero-order valence-electron chi connectivity index (χ0n) is 13.3. The molecule has 0 aromatic rings. The Morgan fingerprint density at radius 3 is 2.13 bits per heavy atom. The molecule has 0 fully saturated rings. The summed E-state index contributed by atoms with van der Waals surface area (Å²) in [6.45, 7) is 2.39. The lowest BCUT2D eigenvalue weighted by Gasteiger charge is -2.13. The second-order valence-corrected chi connectivity index (χ2v) is 5.14. The third-order valence-corrected chi connectivity index (χ3v) is 3.15. The Morgan fingerprint density at radius 1 is 0.957 bits per heavy atom. The SMILES string of the molecule is CCNC(=O)CC[C@H](N)C(=O)NCCC(=O)[C@H](N)CCC(=O)O. The van der Waals surface area contributed by atoms with Crippen molar-refractivity contribution in [2.24, 2.45) is 11.5 Å². The summed E-state index contributed by atoms with van der Waals surface area (Å²) in [6, 6.07) is -1.68. The van der Waals surface area contributed by atoms with Crippen molar-refractivity contribution in [3.63, 3.8) is 0 Å². The number of aliphatic carboxylic acids is 1. The molecule has 9 nitrogen and oxygen atoms in total. The molecule has 0 unspecified atom stereocenters. The normalized spacial score (nSPS) is 13.0. The molecule has 0 aliphatic heterocycles. The van der Waals surface area contributed by atoms with E-state index in [0.717, 1.165) is 0 Å². The highest BCUT2D eigenvalue weighted by Crippen LogP contribution is 1.99. The number of amides is 2. The van der Waals surface area contributed by atoms with Gasteiger partial charge in [0, 0.05) is 32.4 Å². The molecule has 0 heterocycles. The molecule has 0 radical (unpaired) electrons. The standard InChI is InChI=1S/C14H26N4O5/c1-2-17-12(20)5-3-10(16)14(23)18-8-7-11(19)9(15)4-6-13(21)22/h9-10H,2-8,15-16H2,1H3,(H,17,20)(H,18,23)(H,21,22)/t9-,10+/m1/s1. The predicted molar refractivity (Wildman–Crippen MR) is 83.4 cm³/mol. The number of hydrogen-bond acceptors (Lipinski definition) is 6. The maximum atomic E-state index is 11.7. The van der Waals surface area contributed by atoms with Crippen LogP contribution in [0.5, 0.6) is 0 Å². The van der Waals surface area contributed by atoms with Crippen LogP contribution in [0.3, 0.4) is 0 Å². The van der Waals surface area contributed by atoms with Gasteiger partial charge in [-0.25, -0.2) is 0 Å². The maximum Gasteiger partial charge on any atom is 0.303 e. The predicted octanol–water partition coefficient (Wildman–Crippen LogP) is -1.50. The van der Waals surface area contributed by atoms with Crippen molar-refractivity contribution in [2.75, 3.05) is 13.1 Å². The van der Waals surface area contributed by atoms with E-state index in [9.17, 15) is 19.2 Å². The molecule has 0 aromatic carbocycles. The van der Waals surface area contributed by atoms with Gasteiger partial charge in [-0.2, -0.15) is 0 Å². The minimum atomic E-state index is -1.01. The largest absolute Gasteiger partial charge is 0.481 e. The van der Waals surface area contributed by atoms with E-state index in [4.69, 9.17) is 16.6 Å². The summed E-state index contributed by atoms with van der Waals surface area (Å²) < 4.78 is 0. The van der Waals surface area contributed by atoms with Crippen LogP contribution in [-0.2, 0) is 19.2 Å². The van der Waals surface area contributed by atoms with Gasteiger partial charge in [0.2, 0.25) is 11.8 Å². The first-order chi connectivity index (χ1) is 10.8. The molecule has 0 saturated heterocycles. The quantitative estimate of drug-likeness (QED) is 0.290. The smallest absolute Gasteiger partial charge is 0.303 e. The minimum Gasteiger partial charge on any atom is -0.481 e. The number of carbonyl (C=O) groups excluding carboxylic acids is 3. The number of nitrogens with one attached hydrogen (secondary N) is 2. The molecule has 0 saturated carbocycles. The Hall–Kier alpha value is -2.00. The minimum absolute atomic E-state index is 0.00949. The van der Waals surface area contributed by atoms with Crippen molar-refractivity contribution in [3.8, 4) is 0 Å². The third kappa shape index (κ3) is 10.4. The number of ketones is 1. The molecule has 0 bridgehead atoms. The van der Waals surface area contributed by atoms with Crippen molar-refractivity contribution >= 4 is 23.6 Å². The van der Waals surface area contributed by atoms with Crippen LogP contribution in [0.25, 0.3) is 0 Å². The second-order valence-electron chi connectivity index (χ2n) is 5.14. The molecule has 132 valence electrons. The summed E-state index contributed by atoms with van der Waals surface area (Å²) >= 11 is 0. The molecule has 0 aromatic heterocycles. The fraction of sp³-hybridized carbons (Fsp3) is 0.714. The van der Waals surface area contributed by atoms with Gasteiger partial charge in [-0.1, -0.05) is 0 Å². The van der Waals surface area contributed by atoms with Gasteiger partial charge in [0.05, 0.1) is 12.1 Å². The van der Waals surface area contributed by atoms with Crippen LogP contribution in [0.15, 0.2) is 0 Å². The highest BCUT2D eigenvalue weighted by atomic mass is 16.4. The van der Waals surface area contributed by atoms with E-state index in [1.807, 2.05) is 0 Å². The van der Waals surface area contributed by atoms with Gasteiger partial charge >= 0.3 is 5.97 Å². The molecule has 2 amide bonds. The molecule has 0 spiro atoms. The van der Waals surface area contributed by atoms with Crippen molar-refractivity contribution in [2.45, 2.75) is 51.1 Å². The van der Waals surface area contributed by atoms with E-state index in [2.05, 4.69) is 10.6 Å². The van der Waals surface area contributed by atoms with Gasteiger partial charge in [-0.3, -0.25) is 19.2 Å². The number of rotatable bonds is 12. The summed E-state index contributed by atoms with van der Waals surface area (Å²) in [4.78, 5) is 45.0. The zero-order chi connectivity index (χ0) is 17.8. The van der Waals surface area contributed by atoms with Crippen LogP contribution in [0.4, 0.5) is 0 Å². The van der Waals surface area contributed by atoms with Crippen LogP contribution in [0, 0.1) is 0 Å². The molecular formula is C14H26N4O5. The molecule has 7 N–H and O–H groups in total. The Kier molecular flexibility index (Phi) is 10.5. The summed E-state index contributed by atoms with van der Waals surface area (Å²) in [6.07, 6.45) is 0.263. The number of carbonyl (C=O) groups is 4. The van der Waals surface area contributed by atoms with Crippen LogP contribution < -0.4 is 22.1 Å². The first kappa shape index (κ1) is 21.0. The summed E-state index contributed by atoms with van der Waals surface area (Å²) in [7, 11) is 0. The topological polar surface area (TPSA) is 165 Å². The third-order valence-electron chi connectivity index (χ3n) is 3.15. The van der Waals surface area contributed by atoms with E-state index < -0.39 is 24.0 Å². The molecule has 0 rings (SSSR count). The highest BCUT2D eigenvalue weighted by Gasteiger charge is 2.17. The summed E-state index contributed by atoms with van der Waals surface area (Å²) in [5.41, 5.74) is 11.2. The van der Waals surface area contributed by atoms with E-state index in [1.54, 1.807) is 6.92 Å². The molecule has 0 aliphatic carbocycles. The van der Waals surface area contributed by atoms with Crippen LogP contribution in [0.1, 0.15) is 39.0 Å². The number of hydrogen-bond donors (Lipinski definition) is 5. The lowest BCUT2D eigenvalue weighted by molar-refractivity contribution is -0.137. The first-order valence-electron chi connectivity index (χ1n) is 7.58. The van der Waals surface area contributed by atoms with Crippen molar-refractivity contribution in [3.05, 3.63) is 0 Å². The lowest BCUT2D eigenvalue weighted by atomic mass is 10.1. The monoisotopic (exact) mass is 330 g/mol. The van der Waals surface area contributed by atoms with Crippen molar-refractivity contribution in [1.82, 2.24) is 10.6 Å². The fourth-order valence-electron chi connectivity index (χ4n) is 1.77. The number of carboxylic acids is 1. The van der Waals surface area contributed by atoms with Gasteiger partial charge in [0.25, 0.3) is 0 Å². The number of carboxylic acid groups (broad SMARTS) is 1. The Balaban J connectivity index is 3.93. The number of Topliss-reactive ketones (excluding diaryl/α,β-unsaturated/α-hetero) is 1. The molecular weight excluding hydrogens is 304 g/mol. The zero-order valence-corrected chi connectivity index (χ0v) is 13.3. The Bertz CT molecular complexity index is 427. The highest BCUT2D eigenvalue weighted by molar-refractivity contribution is 5.86. The molecule has 23 heavy (non-hydrogen) atoms. The molecule has 9 heteroatoms. The van der Waals surface area contributed by atoms with Crippen LogP contribution >= 0.6 is 0 Å². The van der Waals surface area contributed by atoms with E-state index in [-0.39, 0.29) is 50.3 Å². The average molecular weight is 330 g/mol. The lowest BCUT2D eigenvalue weighted by Crippen LogP contribution is -2.43. The first-order valence-corrected chi connectivity index (χ1v) is 7.58. The second kappa shape index (κ2) is 11.6. The van der Waals surface area contributed by atoms with Crippen molar-refractivity contribution < 1.29 is 24.3 Å². The molecule has 0 aliphatic rings. The van der Waals surface area contributed by atoms with Gasteiger partial charge < -0.3 is 27.2 Å². The van der Waals surface area contributed by atoms with Crippen LogP contribution in [-0.4, -0.2) is 53.8 Å². The van der Waals surface area contributed by atoms with Gasteiger partial charge in [-0.15, -0.1) is 0 Å². The van der Waals surface area contributed by atoms with Gasteiger partial charge in [-0.05, 0) is 19.8 Å². The summed E-state index contributed by atoms with van der Waals surface area (Å²) in [5, 5.41) is 13.6. The fourth-order valence-corrected chi connectivity index (χ4v) is 1.77. The van der Waals surface area contributed by atoms with E-state index in [0.29, 0.717) is 6.54 Å². The van der Waals surface area contributed by atoms with E-state index >= 15 is 0 Å². The maximum absolute atomic E-state index is 11.7. The van der Waals surface area contributed by atoms with Crippen LogP contribution in [0.2, 0.25) is 0 Å². The Morgan fingerprint density at radius 2 is 1.57 bits per heavy atom. The number of nitrogens with two attached hydrogens (primary N) is 2. The molecule has 2 atom stereocenters. The van der Waals surface area contributed by atoms with E-state index in [1.165, 1.54) is 0 Å². The Labute approximate surface area is 135 Å². The summed E-state index contributed by atoms with van der Waals surface area (Å²) in [5.74, 6) is -1.95. The average Bonchev–Trinajstić information content (AvgIpc) is 2.50. The van der Waals surface area contributed by atoms with Gasteiger partial charge in [0.15, 0.2) is 5.78 Å². The van der Waals surface area contributed by atoms with Crippen molar-refractivity contribution in [1.29, 1.82) is 0 Å².